The summed E-state index contributed by atoms with van der Waals surface area (Å²) in [6, 6.07) is 1.83. The summed E-state index contributed by atoms with van der Waals surface area (Å²) in [5, 5.41) is 8.27. The highest BCUT2D eigenvalue weighted by molar-refractivity contribution is 5.56. The van der Waals surface area contributed by atoms with Gasteiger partial charge < -0.3 is 0 Å². The number of nitrogens with zero attached hydrogens (tertiary/aromatic N) is 3. The van der Waals surface area contributed by atoms with Crippen molar-refractivity contribution in [2.24, 2.45) is 9.98 Å². The highest BCUT2D eigenvalue weighted by Crippen LogP contribution is 1.91. The highest BCUT2D eigenvalue weighted by atomic mass is 14.8. The van der Waals surface area contributed by atoms with E-state index in [0.717, 1.165) is 0 Å². The topological polar surface area (TPSA) is 48.5 Å². The molecule has 0 aliphatic carbocycles. The van der Waals surface area contributed by atoms with E-state index in [1.807, 2.05) is 19.9 Å². The van der Waals surface area contributed by atoms with Gasteiger partial charge in [-0.3, -0.25) is 4.99 Å². The molecular formula is C8H13N3. The number of rotatable bonds is 2. The molecule has 0 fully saturated rings. The Labute approximate surface area is 67.8 Å². The molecule has 0 N–H and O–H groups in total. The van der Waals surface area contributed by atoms with Crippen LogP contribution < -0.4 is 0 Å². The molecule has 60 valence electrons. The summed E-state index contributed by atoms with van der Waals surface area (Å²) in [4.78, 5) is 7.05. The lowest BCUT2D eigenvalue weighted by Crippen LogP contribution is -1.69. The van der Waals surface area contributed by atoms with Crippen molar-refractivity contribution in [1.82, 2.24) is 0 Å². The Bertz CT molecular complexity index is 184. The van der Waals surface area contributed by atoms with Crippen LogP contribution in [0.15, 0.2) is 21.9 Å². The fraction of sp³-hybridized carbons (Fsp3) is 0.375. The van der Waals surface area contributed by atoms with Gasteiger partial charge in [0.15, 0.2) is 5.70 Å². The summed E-state index contributed by atoms with van der Waals surface area (Å²) in [6.45, 7) is 8.91. The molecule has 0 aromatic rings. The minimum Gasteiger partial charge on any atom is -0.269 e. The predicted molar refractivity (Wildman–Crippen MR) is 48.8 cm³/mol. The van der Waals surface area contributed by atoms with E-state index >= 15 is 0 Å². The molecule has 0 spiro atoms. The van der Waals surface area contributed by atoms with Crippen molar-refractivity contribution in [3.05, 3.63) is 11.9 Å². The molecule has 0 unspecified atom stereocenters. The Morgan fingerprint density at radius 3 is 2.36 bits per heavy atom. The van der Waals surface area contributed by atoms with Gasteiger partial charge in [-0.15, -0.1) is 0 Å². The van der Waals surface area contributed by atoms with Crippen molar-refractivity contribution in [3.8, 4) is 6.07 Å². The van der Waals surface area contributed by atoms with Gasteiger partial charge in [-0.25, -0.2) is 4.99 Å². The minimum absolute atomic E-state index is 0.271. The monoisotopic (exact) mass is 151 g/mol. The quantitative estimate of drug-likeness (QED) is 0.440. The predicted octanol–water partition coefficient (Wildman–Crippen LogP) is 2.17. The molecule has 0 radical (unpaired) electrons. The molecule has 0 rings (SSSR count). The largest absolute Gasteiger partial charge is 0.269 e. The first kappa shape index (κ1) is 12.3. The molecule has 0 saturated heterocycles. The Hall–Kier alpha value is -1.43. The van der Waals surface area contributed by atoms with Crippen molar-refractivity contribution in [1.29, 1.82) is 5.26 Å². The second kappa shape index (κ2) is 11.4. The molecule has 0 aliphatic heterocycles. The summed E-state index contributed by atoms with van der Waals surface area (Å²) >= 11 is 0. The van der Waals surface area contributed by atoms with E-state index in [1.165, 1.54) is 12.4 Å². The van der Waals surface area contributed by atoms with Crippen LogP contribution in [0.5, 0.6) is 0 Å². The smallest absolute Gasteiger partial charge is 0.158 e. The summed E-state index contributed by atoms with van der Waals surface area (Å²) in [5.41, 5.74) is 0.271. The van der Waals surface area contributed by atoms with E-state index in [0.29, 0.717) is 0 Å². The Kier molecular flexibility index (Phi) is 12.7. The van der Waals surface area contributed by atoms with Crippen molar-refractivity contribution in [3.63, 3.8) is 0 Å². The van der Waals surface area contributed by atoms with E-state index < -0.39 is 0 Å². The first-order valence-corrected chi connectivity index (χ1v) is 3.40. The second-order valence-electron chi connectivity index (χ2n) is 1.20. The lowest BCUT2D eigenvalue weighted by molar-refractivity contribution is 1.35. The van der Waals surface area contributed by atoms with Gasteiger partial charge in [0.25, 0.3) is 0 Å². The van der Waals surface area contributed by atoms with Gasteiger partial charge in [-0.1, -0.05) is 13.8 Å². The zero-order chi connectivity index (χ0) is 9.11. The minimum atomic E-state index is 0.271. The van der Waals surface area contributed by atoms with Gasteiger partial charge in [0.05, 0.1) is 6.20 Å². The van der Waals surface area contributed by atoms with Gasteiger partial charge >= 0.3 is 0 Å². The molecule has 0 aromatic heterocycles. The molecule has 11 heavy (non-hydrogen) atoms. The normalized spacial score (nSPS) is 9.82. The van der Waals surface area contributed by atoms with Gasteiger partial charge in [0.1, 0.15) is 6.07 Å². The first-order valence-electron chi connectivity index (χ1n) is 3.40. The number of hydrogen-bond acceptors (Lipinski definition) is 3. The Morgan fingerprint density at radius 1 is 1.55 bits per heavy atom. The number of allylic oxidation sites excluding steroid dienone is 1. The zero-order valence-electron chi connectivity index (χ0n) is 7.20. The fourth-order valence-corrected chi connectivity index (χ4v) is 0.317. The van der Waals surface area contributed by atoms with E-state index in [-0.39, 0.29) is 5.70 Å². The van der Waals surface area contributed by atoms with Crippen molar-refractivity contribution < 1.29 is 0 Å². The van der Waals surface area contributed by atoms with Crippen molar-refractivity contribution in [2.45, 2.75) is 20.8 Å². The lowest BCUT2D eigenvalue weighted by Gasteiger charge is -1.79. The van der Waals surface area contributed by atoms with Crippen LogP contribution in [0.25, 0.3) is 0 Å². The van der Waals surface area contributed by atoms with Crippen LogP contribution in [0.1, 0.15) is 20.8 Å². The third-order valence-corrected chi connectivity index (χ3v) is 0.596. The van der Waals surface area contributed by atoms with E-state index in [1.54, 1.807) is 6.92 Å². The molecule has 0 bridgehead atoms. The molecule has 0 aliphatic rings. The third-order valence-electron chi connectivity index (χ3n) is 0.596. The molecule has 0 atom stereocenters. The average Bonchev–Trinajstić information content (AvgIpc) is 2.08. The van der Waals surface area contributed by atoms with Crippen LogP contribution in [0.4, 0.5) is 0 Å². The maximum atomic E-state index is 8.27. The molecular weight excluding hydrogens is 138 g/mol. The maximum absolute atomic E-state index is 8.27. The van der Waals surface area contributed by atoms with Gasteiger partial charge in [-0.2, -0.15) is 5.26 Å². The van der Waals surface area contributed by atoms with Crippen LogP contribution >= 0.6 is 0 Å². The number of aliphatic imine (C=N–C) groups is 2. The molecule has 0 aromatic carbocycles. The SMILES string of the molecule is C=N/C=C(/C#N)N=CC.CC. The van der Waals surface area contributed by atoms with Gasteiger partial charge in [0, 0.05) is 6.21 Å². The highest BCUT2D eigenvalue weighted by Gasteiger charge is 1.82. The third kappa shape index (κ3) is 8.57. The molecule has 3 nitrogen and oxygen atoms in total. The summed E-state index contributed by atoms with van der Waals surface area (Å²) in [7, 11) is 0. The van der Waals surface area contributed by atoms with Crippen molar-refractivity contribution in [2.75, 3.05) is 0 Å². The first-order chi connectivity index (χ1) is 5.35. The van der Waals surface area contributed by atoms with E-state index in [4.69, 9.17) is 5.26 Å². The van der Waals surface area contributed by atoms with Crippen LogP contribution in [-0.4, -0.2) is 12.9 Å². The molecule has 3 heteroatoms. The van der Waals surface area contributed by atoms with Gasteiger partial charge in [0.2, 0.25) is 0 Å². The summed E-state index contributed by atoms with van der Waals surface area (Å²) in [5.74, 6) is 0. The van der Waals surface area contributed by atoms with Crippen LogP contribution in [0.3, 0.4) is 0 Å². The standard InChI is InChI=1S/C6H7N3.C2H6/c1-3-9-6(4-7)5-8-2;1-2/h3,5H,2H2,1H3;1-2H3/b6-5-,9-3?;. The van der Waals surface area contributed by atoms with Crippen LogP contribution in [0.2, 0.25) is 0 Å². The lowest BCUT2D eigenvalue weighted by atomic mass is 10.5. The molecule has 0 heterocycles. The molecule has 0 saturated carbocycles. The van der Waals surface area contributed by atoms with Gasteiger partial charge in [-0.05, 0) is 13.6 Å². The Balaban J connectivity index is 0. The zero-order valence-corrected chi connectivity index (χ0v) is 7.20. The average molecular weight is 151 g/mol. The van der Waals surface area contributed by atoms with E-state index in [2.05, 4.69) is 16.7 Å². The fourth-order valence-electron chi connectivity index (χ4n) is 0.317. The Morgan fingerprint density at radius 2 is 2.09 bits per heavy atom. The van der Waals surface area contributed by atoms with Crippen LogP contribution in [-0.2, 0) is 0 Å². The number of nitriles is 1. The van der Waals surface area contributed by atoms with Crippen molar-refractivity contribution >= 4 is 12.9 Å². The molecule has 0 amide bonds. The summed E-state index contributed by atoms with van der Waals surface area (Å²) in [6.07, 6.45) is 2.83. The number of hydrogen-bond donors (Lipinski definition) is 0. The van der Waals surface area contributed by atoms with Crippen LogP contribution in [0, 0.1) is 11.3 Å². The maximum Gasteiger partial charge on any atom is 0.158 e. The second-order valence-corrected chi connectivity index (χ2v) is 1.20. The van der Waals surface area contributed by atoms with E-state index in [9.17, 15) is 0 Å². The summed E-state index contributed by atoms with van der Waals surface area (Å²) < 4.78 is 0.